The molecule has 0 aliphatic rings. The largest absolute Gasteiger partial charge is 0.504 e. The Labute approximate surface area is 92.0 Å². The fourth-order valence-electron chi connectivity index (χ4n) is 1.33. The first-order valence-electron chi connectivity index (χ1n) is 4.68. The summed E-state index contributed by atoms with van der Waals surface area (Å²) in [6.07, 6.45) is 0.0626. The highest BCUT2D eigenvalue weighted by Gasteiger charge is 2.28. The maximum atomic E-state index is 13.1. The fraction of sp³-hybridized carbons (Fsp3) is 0.364. The van der Waals surface area contributed by atoms with Crippen molar-refractivity contribution in [2.24, 2.45) is 5.41 Å². The van der Waals surface area contributed by atoms with Crippen molar-refractivity contribution in [2.75, 3.05) is 0 Å². The molecular weight excluding hydrogens is 215 g/mol. The van der Waals surface area contributed by atoms with Crippen molar-refractivity contribution in [3.05, 3.63) is 23.5 Å². The van der Waals surface area contributed by atoms with Gasteiger partial charge < -0.3 is 15.3 Å². The van der Waals surface area contributed by atoms with Gasteiger partial charge in [-0.3, -0.25) is 4.79 Å². The van der Waals surface area contributed by atoms with E-state index >= 15 is 0 Å². The molecule has 0 spiro atoms. The third-order valence-electron chi connectivity index (χ3n) is 2.33. The van der Waals surface area contributed by atoms with Gasteiger partial charge in [-0.2, -0.15) is 0 Å². The fourth-order valence-corrected chi connectivity index (χ4v) is 1.33. The molecular formula is C11H13FO4. The van der Waals surface area contributed by atoms with E-state index in [1.807, 2.05) is 0 Å². The van der Waals surface area contributed by atoms with Crippen molar-refractivity contribution in [1.29, 1.82) is 0 Å². The van der Waals surface area contributed by atoms with Crippen molar-refractivity contribution in [1.82, 2.24) is 0 Å². The van der Waals surface area contributed by atoms with E-state index in [1.54, 1.807) is 0 Å². The molecule has 88 valence electrons. The van der Waals surface area contributed by atoms with Crippen LogP contribution in [0.4, 0.5) is 4.39 Å². The zero-order chi connectivity index (χ0) is 12.5. The lowest BCUT2D eigenvalue weighted by atomic mass is 9.86. The van der Waals surface area contributed by atoms with Crippen molar-refractivity contribution < 1.29 is 24.5 Å². The highest BCUT2D eigenvalue weighted by Crippen LogP contribution is 2.31. The molecule has 0 aliphatic heterocycles. The number of phenols is 2. The van der Waals surface area contributed by atoms with Crippen LogP contribution in [-0.2, 0) is 11.2 Å². The Morgan fingerprint density at radius 1 is 1.38 bits per heavy atom. The van der Waals surface area contributed by atoms with E-state index in [0.29, 0.717) is 5.56 Å². The minimum Gasteiger partial charge on any atom is -0.504 e. The number of hydrogen-bond donors (Lipinski definition) is 3. The van der Waals surface area contributed by atoms with Gasteiger partial charge in [-0.1, -0.05) is 0 Å². The molecule has 4 nitrogen and oxygen atoms in total. The Hall–Kier alpha value is -1.78. The predicted octanol–water partition coefficient (Wildman–Crippen LogP) is 1.89. The monoisotopic (exact) mass is 228 g/mol. The van der Waals surface area contributed by atoms with E-state index in [4.69, 9.17) is 10.2 Å². The number of carboxylic acid groups (broad SMARTS) is 1. The molecule has 1 rings (SSSR count). The number of halogens is 1. The molecule has 1 aromatic rings. The van der Waals surface area contributed by atoms with Crippen LogP contribution in [0.1, 0.15) is 19.4 Å². The number of phenolic OH excluding ortho intramolecular Hbond substituents is 2. The maximum absolute atomic E-state index is 13.1. The van der Waals surface area contributed by atoms with Crippen LogP contribution in [0.25, 0.3) is 0 Å². The van der Waals surface area contributed by atoms with Gasteiger partial charge in [0.2, 0.25) is 0 Å². The van der Waals surface area contributed by atoms with E-state index in [9.17, 15) is 14.3 Å². The van der Waals surface area contributed by atoms with Gasteiger partial charge in [0.25, 0.3) is 0 Å². The van der Waals surface area contributed by atoms with Crippen LogP contribution in [0.2, 0.25) is 0 Å². The molecule has 0 heterocycles. The number of aliphatic carboxylic acids is 1. The van der Waals surface area contributed by atoms with Gasteiger partial charge in [0.05, 0.1) is 5.41 Å². The summed E-state index contributed by atoms with van der Waals surface area (Å²) in [4.78, 5) is 10.9. The Bertz CT molecular complexity index is 403. The average molecular weight is 228 g/mol. The van der Waals surface area contributed by atoms with Gasteiger partial charge in [-0.15, -0.1) is 0 Å². The van der Waals surface area contributed by atoms with Gasteiger partial charge in [0, 0.05) is 0 Å². The van der Waals surface area contributed by atoms with Crippen LogP contribution in [0, 0.1) is 11.2 Å². The van der Waals surface area contributed by atoms with Crippen molar-refractivity contribution in [2.45, 2.75) is 20.3 Å². The number of carbonyl (C=O) groups is 1. The summed E-state index contributed by atoms with van der Waals surface area (Å²) in [6.45, 7) is 2.99. The molecule has 3 N–H and O–H groups in total. The third-order valence-corrected chi connectivity index (χ3v) is 2.33. The Morgan fingerprint density at radius 3 is 2.38 bits per heavy atom. The Morgan fingerprint density at radius 2 is 1.94 bits per heavy atom. The van der Waals surface area contributed by atoms with Gasteiger partial charge >= 0.3 is 5.97 Å². The van der Waals surface area contributed by atoms with Crippen molar-refractivity contribution >= 4 is 5.97 Å². The average Bonchev–Trinajstić information content (AvgIpc) is 2.13. The zero-order valence-electron chi connectivity index (χ0n) is 8.99. The zero-order valence-corrected chi connectivity index (χ0v) is 8.99. The minimum absolute atomic E-state index is 0.0626. The summed E-state index contributed by atoms with van der Waals surface area (Å²) < 4.78 is 13.1. The SMILES string of the molecule is CC(C)(Cc1cc(O)c(O)c(F)c1)C(=O)O. The van der Waals surface area contributed by atoms with E-state index in [1.165, 1.54) is 13.8 Å². The first-order chi connectivity index (χ1) is 7.24. The lowest BCUT2D eigenvalue weighted by Crippen LogP contribution is -2.26. The summed E-state index contributed by atoms with van der Waals surface area (Å²) in [5, 5.41) is 27.1. The van der Waals surface area contributed by atoms with Crippen molar-refractivity contribution in [3.8, 4) is 11.5 Å². The minimum atomic E-state index is -1.06. The molecule has 0 unspecified atom stereocenters. The first-order valence-corrected chi connectivity index (χ1v) is 4.68. The molecule has 0 fully saturated rings. The van der Waals surface area contributed by atoms with Crippen LogP contribution < -0.4 is 0 Å². The second-order valence-corrected chi connectivity index (χ2v) is 4.31. The molecule has 0 aliphatic carbocycles. The third kappa shape index (κ3) is 2.42. The predicted molar refractivity (Wildman–Crippen MR) is 54.9 cm³/mol. The topological polar surface area (TPSA) is 77.8 Å². The van der Waals surface area contributed by atoms with Crippen LogP contribution in [0.5, 0.6) is 11.5 Å². The van der Waals surface area contributed by atoms with E-state index in [-0.39, 0.29) is 6.42 Å². The normalized spacial score (nSPS) is 11.4. The highest BCUT2D eigenvalue weighted by molar-refractivity contribution is 5.74. The second kappa shape index (κ2) is 4.00. The standard InChI is InChI=1S/C11H13FO4/c1-11(2,10(15)16)5-6-3-7(12)9(14)8(13)4-6/h3-4,13-14H,5H2,1-2H3,(H,15,16). The molecule has 1 aromatic carbocycles. The summed E-state index contributed by atoms with van der Waals surface area (Å²) in [5.41, 5.74) is -0.740. The molecule has 16 heavy (non-hydrogen) atoms. The van der Waals surface area contributed by atoms with Crippen molar-refractivity contribution in [3.63, 3.8) is 0 Å². The molecule has 0 saturated carbocycles. The number of benzene rings is 1. The molecule has 0 atom stereocenters. The summed E-state index contributed by atoms with van der Waals surface area (Å²) in [6, 6.07) is 2.17. The smallest absolute Gasteiger partial charge is 0.309 e. The van der Waals surface area contributed by atoms with E-state index in [2.05, 4.69) is 0 Å². The molecule has 0 aromatic heterocycles. The lowest BCUT2D eigenvalue weighted by molar-refractivity contribution is -0.146. The second-order valence-electron chi connectivity index (χ2n) is 4.31. The van der Waals surface area contributed by atoms with E-state index < -0.39 is 28.7 Å². The summed E-state index contributed by atoms with van der Waals surface area (Å²) in [7, 11) is 0. The summed E-state index contributed by atoms with van der Waals surface area (Å²) in [5.74, 6) is -3.38. The lowest BCUT2D eigenvalue weighted by Gasteiger charge is -2.19. The maximum Gasteiger partial charge on any atom is 0.309 e. The Kier molecular flexibility index (Phi) is 3.07. The molecule has 5 heteroatoms. The first kappa shape index (κ1) is 12.3. The Balaban J connectivity index is 3.04. The van der Waals surface area contributed by atoms with E-state index in [0.717, 1.165) is 12.1 Å². The number of rotatable bonds is 3. The quantitative estimate of drug-likeness (QED) is 0.690. The van der Waals surface area contributed by atoms with Crippen LogP contribution in [-0.4, -0.2) is 21.3 Å². The molecule has 0 amide bonds. The molecule has 0 radical (unpaired) electrons. The van der Waals surface area contributed by atoms with Gasteiger partial charge in [0.1, 0.15) is 0 Å². The summed E-state index contributed by atoms with van der Waals surface area (Å²) >= 11 is 0. The number of carboxylic acids is 1. The number of hydrogen-bond acceptors (Lipinski definition) is 3. The van der Waals surface area contributed by atoms with Crippen LogP contribution >= 0.6 is 0 Å². The molecule has 0 bridgehead atoms. The number of aromatic hydroxyl groups is 2. The van der Waals surface area contributed by atoms with Crippen LogP contribution in [0.3, 0.4) is 0 Å². The van der Waals surface area contributed by atoms with Gasteiger partial charge in [-0.25, -0.2) is 4.39 Å². The van der Waals surface area contributed by atoms with Gasteiger partial charge in [0.15, 0.2) is 17.3 Å². The molecule has 0 saturated heterocycles. The van der Waals surface area contributed by atoms with Gasteiger partial charge in [-0.05, 0) is 38.0 Å². The highest BCUT2D eigenvalue weighted by atomic mass is 19.1. The van der Waals surface area contributed by atoms with Crippen LogP contribution in [0.15, 0.2) is 12.1 Å².